The standard InChI is InChI=1S/C48H48F2N10O5/c1-25-18-32(19-26(2)40(25)49)60-42(58-16-15-57(46(58)63)37-11-10-36-33(41(37)50)24-51-55(36)7)39-28(4)56(14-12-34(39)53-60)43(61)38-21-31-20-29(30-13-17-64-47(5,6)23-30)8-9-35(31)59(38)48(22-27(48)3)44-52-45(62)65-54-44/h8-11,15-16,18-21,24,27-28,30H,12-14,17,22-23H2,1-7H3,(H,52,54,62)/t27-,28-,30-,48-/m0/s1. The molecule has 11 rings (SSSR count). The number of benzene rings is 3. The molecule has 0 bridgehead atoms. The lowest BCUT2D eigenvalue weighted by atomic mass is 9.83. The van der Waals surface area contributed by atoms with E-state index in [0.29, 0.717) is 76.9 Å². The third-order valence-electron chi connectivity index (χ3n) is 14.2. The van der Waals surface area contributed by atoms with Gasteiger partial charge >= 0.3 is 11.4 Å². The molecule has 3 aromatic carbocycles. The Balaban J connectivity index is 1.06. The van der Waals surface area contributed by atoms with Crippen LogP contribution in [0.4, 0.5) is 8.78 Å². The summed E-state index contributed by atoms with van der Waals surface area (Å²) < 4.78 is 50.2. The number of carbonyl (C=O) groups is 1. The smallest absolute Gasteiger partial charge is 0.376 e. The third-order valence-corrected chi connectivity index (χ3v) is 14.2. The second kappa shape index (κ2) is 14.3. The molecule has 0 radical (unpaired) electrons. The van der Waals surface area contributed by atoms with E-state index in [4.69, 9.17) is 14.4 Å². The number of aromatic nitrogens is 9. The first-order valence-corrected chi connectivity index (χ1v) is 22.0. The van der Waals surface area contributed by atoms with Crippen molar-refractivity contribution in [3.05, 3.63) is 139 Å². The number of nitrogens with one attached hydrogen (secondary N) is 1. The van der Waals surface area contributed by atoms with E-state index in [0.717, 1.165) is 29.3 Å². The minimum absolute atomic E-state index is 0.00109. The van der Waals surface area contributed by atoms with Gasteiger partial charge in [0.2, 0.25) is 0 Å². The maximum atomic E-state index is 16.1. The van der Waals surface area contributed by atoms with Gasteiger partial charge in [-0.2, -0.15) is 10.2 Å². The van der Waals surface area contributed by atoms with Crippen LogP contribution < -0.4 is 11.4 Å². The van der Waals surface area contributed by atoms with Crippen LogP contribution in [0.1, 0.15) is 103 Å². The van der Waals surface area contributed by atoms with Gasteiger partial charge < -0.3 is 14.2 Å². The lowest BCUT2D eigenvalue weighted by Gasteiger charge is -2.35. The summed E-state index contributed by atoms with van der Waals surface area (Å²) in [4.78, 5) is 47.2. The zero-order valence-electron chi connectivity index (χ0n) is 37.1. The van der Waals surface area contributed by atoms with Crippen molar-refractivity contribution in [2.75, 3.05) is 13.2 Å². The monoisotopic (exact) mass is 882 g/mol. The number of nitrogens with zero attached hydrogens (tertiary/aromatic N) is 9. The van der Waals surface area contributed by atoms with Crippen molar-refractivity contribution in [1.82, 2.24) is 48.3 Å². The van der Waals surface area contributed by atoms with E-state index in [9.17, 15) is 9.59 Å². The zero-order valence-corrected chi connectivity index (χ0v) is 37.1. The number of imidazole rings is 1. The number of fused-ring (bicyclic) bond motifs is 3. The Hall–Kier alpha value is -6.88. The number of aromatic amines is 1. The Kier molecular flexibility index (Phi) is 9.00. The van der Waals surface area contributed by atoms with Crippen LogP contribution in [0.5, 0.6) is 0 Å². The molecule has 1 N–H and O–H groups in total. The van der Waals surface area contributed by atoms with Crippen molar-refractivity contribution in [2.24, 2.45) is 13.0 Å². The summed E-state index contributed by atoms with van der Waals surface area (Å²) in [7, 11) is 1.72. The van der Waals surface area contributed by atoms with Gasteiger partial charge in [-0.25, -0.2) is 23.1 Å². The normalized spacial score (nSPS) is 21.7. The molecule has 2 fully saturated rings. The fourth-order valence-corrected chi connectivity index (χ4v) is 10.8. The summed E-state index contributed by atoms with van der Waals surface area (Å²) in [6, 6.07) is 14.3. The van der Waals surface area contributed by atoms with Crippen LogP contribution in [0.2, 0.25) is 0 Å². The predicted molar refractivity (Wildman–Crippen MR) is 237 cm³/mol. The fraction of sp³-hybridized carbons (Fsp3) is 0.375. The number of hydrogen-bond acceptors (Lipinski definition) is 8. The van der Waals surface area contributed by atoms with Crippen molar-refractivity contribution >= 4 is 27.7 Å². The zero-order chi connectivity index (χ0) is 45.4. The van der Waals surface area contributed by atoms with Crippen LogP contribution in [0.15, 0.2) is 81.2 Å². The van der Waals surface area contributed by atoms with Crippen LogP contribution in [0, 0.1) is 31.4 Å². The average molecular weight is 883 g/mol. The second-order valence-corrected chi connectivity index (χ2v) is 18.8. The van der Waals surface area contributed by atoms with Gasteiger partial charge in [0.05, 0.1) is 45.8 Å². The predicted octanol–water partition coefficient (Wildman–Crippen LogP) is 7.44. The summed E-state index contributed by atoms with van der Waals surface area (Å²) in [5.74, 6) is -0.925. The maximum Gasteiger partial charge on any atom is 0.438 e. The Bertz CT molecular complexity index is 3380. The molecule has 8 aromatic rings. The number of aryl methyl sites for hydroxylation is 3. The molecule has 1 saturated heterocycles. The molecule has 2 aliphatic heterocycles. The highest BCUT2D eigenvalue weighted by molar-refractivity contribution is 6.00. The second-order valence-electron chi connectivity index (χ2n) is 18.8. The molecule has 0 unspecified atom stereocenters. The molecule has 0 spiro atoms. The quantitative estimate of drug-likeness (QED) is 0.173. The summed E-state index contributed by atoms with van der Waals surface area (Å²) in [6.07, 6.45) is 7.17. The molecule has 1 aliphatic carbocycles. The van der Waals surface area contributed by atoms with Gasteiger partial charge in [0.15, 0.2) is 11.6 Å². The Morgan fingerprint density at radius 1 is 0.938 bits per heavy atom. The molecule has 65 heavy (non-hydrogen) atoms. The average Bonchev–Trinajstić information content (AvgIpc) is 3.90. The highest BCUT2D eigenvalue weighted by atomic mass is 19.1. The van der Waals surface area contributed by atoms with Gasteiger partial charge in [0, 0.05) is 55.5 Å². The Labute approximate surface area is 370 Å². The van der Waals surface area contributed by atoms with Crippen molar-refractivity contribution < 1.29 is 22.8 Å². The minimum atomic E-state index is -0.857. The van der Waals surface area contributed by atoms with E-state index in [1.165, 1.54) is 21.5 Å². The lowest BCUT2D eigenvalue weighted by Crippen LogP contribution is -2.41. The van der Waals surface area contributed by atoms with Crippen molar-refractivity contribution in [1.29, 1.82) is 0 Å². The van der Waals surface area contributed by atoms with Crippen LogP contribution in [0.25, 0.3) is 39.0 Å². The molecule has 4 atom stereocenters. The highest BCUT2D eigenvalue weighted by Gasteiger charge is 2.59. The lowest BCUT2D eigenvalue weighted by molar-refractivity contribution is -0.0592. The first kappa shape index (κ1) is 40.9. The number of ether oxygens (including phenoxy) is 1. The molecule has 1 saturated carbocycles. The Morgan fingerprint density at radius 3 is 2.38 bits per heavy atom. The molecule has 1 amide bonds. The SMILES string of the molecule is Cc1cc(-n2nc3c(c2-n2ccn(-c4ccc5c(cnn5C)c4F)c2=O)[C@H](C)N(C(=O)c2cc4cc([C@H]5CCOC(C)(C)C5)ccc4n2[C@@]2(c4noc(=O)[nH]4)C[C@@H]2C)CC3)cc(C)c1F. The number of carbonyl (C=O) groups excluding carboxylic acids is 1. The molecule has 3 aliphatic rings. The van der Waals surface area contributed by atoms with Gasteiger partial charge in [-0.1, -0.05) is 18.1 Å². The van der Waals surface area contributed by atoms with Crippen LogP contribution in [-0.2, 0) is 23.7 Å². The number of halogens is 2. The van der Waals surface area contributed by atoms with Gasteiger partial charge in [-0.3, -0.25) is 28.1 Å². The van der Waals surface area contributed by atoms with Gasteiger partial charge in [-0.15, -0.1) is 0 Å². The van der Waals surface area contributed by atoms with Crippen LogP contribution >= 0.6 is 0 Å². The summed E-state index contributed by atoms with van der Waals surface area (Å²) in [5.41, 5.74) is 3.92. The van der Waals surface area contributed by atoms with Crippen molar-refractivity contribution in [2.45, 2.75) is 90.3 Å². The van der Waals surface area contributed by atoms with E-state index in [1.807, 2.05) is 17.6 Å². The molecule has 7 heterocycles. The fourth-order valence-electron chi connectivity index (χ4n) is 10.8. The first-order chi connectivity index (χ1) is 31.1. The van der Waals surface area contributed by atoms with Gasteiger partial charge in [0.1, 0.15) is 22.9 Å². The Morgan fingerprint density at radius 2 is 1.68 bits per heavy atom. The van der Waals surface area contributed by atoms with Gasteiger partial charge in [0.25, 0.3) is 5.91 Å². The van der Waals surface area contributed by atoms with Crippen molar-refractivity contribution in [3.8, 4) is 17.2 Å². The maximum absolute atomic E-state index is 16.1. The molecule has 5 aromatic heterocycles. The topological polar surface area (TPSA) is 156 Å². The number of rotatable bonds is 7. The first-order valence-electron chi connectivity index (χ1n) is 22.0. The number of H-pyrrole nitrogens is 1. The van der Waals surface area contributed by atoms with Gasteiger partial charge in [-0.05, 0) is 125 Å². The van der Waals surface area contributed by atoms with Crippen LogP contribution in [-0.4, -0.2) is 73.0 Å². The summed E-state index contributed by atoms with van der Waals surface area (Å²) in [5, 5.41) is 14.6. The minimum Gasteiger partial charge on any atom is -0.376 e. The molecular formula is C48H48F2N10O5. The summed E-state index contributed by atoms with van der Waals surface area (Å²) in [6.45, 7) is 12.5. The number of amides is 1. The third kappa shape index (κ3) is 6.14. The largest absolute Gasteiger partial charge is 0.438 e. The van der Waals surface area contributed by atoms with E-state index in [2.05, 4.69) is 54.2 Å². The molecule has 334 valence electrons. The number of hydrogen-bond donors (Lipinski definition) is 1. The van der Waals surface area contributed by atoms with Crippen LogP contribution in [0.3, 0.4) is 0 Å². The van der Waals surface area contributed by atoms with E-state index in [-0.39, 0.29) is 40.2 Å². The van der Waals surface area contributed by atoms with Crippen molar-refractivity contribution in [3.63, 3.8) is 0 Å². The molecule has 15 nitrogen and oxygen atoms in total. The van der Waals surface area contributed by atoms with E-state index >= 15 is 13.6 Å². The van der Waals surface area contributed by atoms with E-state index in [1.54, 1.807) is 65.6 Å². The van der Waals surface area contributed by atoms with E-state index < -0.39 is 28.8 Å². The molecule has 17 heteroatoms. The molecular weight excluding hydrogens is 835 g/mol. The summed E-state index contributed by atoms with van der Waals surface area (Å²) >= 11 is 0. The highest BCUT2D eigenvalue weighted by Crippen LogP contribution is 2.56.